The van der Waals surface area contributed by atoms with Crippen molar-refractivity contribution < 1.29 is 102 Å². The van der Waals surface area contributed by atoms with Crippen molar-refractivity contribution in [3.05, 3.63) is 125 Å². The van der Waals surface area contributed by atoms with E-state index in [4.69, 9.17) is 57.1 Å². The molecule has 584 valence electrons. The minimum atomic E-state index is -2.59. The van der Waals surface area contributed by atoms with E-state index in [1.165, 1.54) is 71.1 Å². The van der Waals surface area contributed by atoms with Gasteiger partial charge in [0.15, 0.2) is 35.3 Å². The predicted octanol–water partition coefficient (Wildman–Crippen LogP) is 0.338. The van der Waals surface area contributed by atoms with Gasteiger partial charge in [-0.25, -0.2) is 9.59 Å². The number of aliphatic hydroxyl groups is 2. The molecule has 108 heavy (non-hydrogen) atoms. The van der Waals surface area contributed by atoms with E-state index in [1.807, 2.05) is 0 Å². The molecule has 3 fully saturated rings. The topological polar surface area (TPSA) is 544 Å². The Kier molecular flexibility index (Phi) is 27.6. The Labute approximate surface area is 626 Å². The molecule has 0 spiro atoms. The molecule has 2 heterocycles. The van der Waals surface area contributed by atoms with E-state index in [-0.39, 0.29) is 102 Å². The second kappa shape index (κ2) is 35.9. The van der Waals surface area contributed by atoms with Gasteiger partial charge in [0.1, 0.15) is 42.0 Å². The average Bonchev–Trinajstić information content (AvgIpc) is 0.688. The Morgan fingerprint density at radius 1 is 0.759 bits per heavy atom. The van der Waals surface area contributed by atoms with Crippen LogP contribution in [0.3, 0.4) is 0 Å². The molecule has 3 aliphatic carbocycles. The summed E-state index contributed by atoms with van der Waals surface area (Å²) in [5.74, 6) is -13.2. The number of fused-ring (bicyclic) bond motifs is 5. The summed E-state index contributed by atoms with van der Waals surface area (Å²) >= 11 is 0.836. The van der Waals surface area contributed by atoms with Gasteiger partial charge in [-0.3, -0.25) is 57.7 Å². The Morgan fingerprint density at radius 3 is 1.92 bits per heavy atom. The van der Waals surface area contributed by atoms with Crippen LogP contribution in [0.25, 0.3) is 0 Å². The fraction of sp³-hybridized carbons (Fsp3) is 0.493. The number of ketones is 1. The maximum Gasteiger partial charge on any atom is 0.350 e. The lowest BCUT2D eigenvalue weighted by molar-refractivity contribution is -0.346. The summed E-state index contributed by atoms with van der Waals surface area (Å²) in [4.78, 5) is 163. The van der Waals surface area contributed by atoms with Crippen LogP contribution in [0.2, 0.25) is 0 Å². The van der Waals surface area contributed by atoms with Gasteiger partial charge in [0, 0.05) is 89.1 Å². The Morgan fingerprint density at radius 2 is 1.35 bits per heavy atom. The highest BCUT2D eigenvalue weighted by Crippen LogP contribution is 2.64. The average molecular weight is 1520 g/mol. The molecule has 3 aromatic carbocycles. The standard InChI is InChI=1S/C73H95N13O21S/c1-38-47(35-73(101)60(106-66(99)43-23-15-10-16-24-43)58-71(6,49(89)34-50-72(58,37-102-50)107-40(3)88)59(93)56(103-39(2)87)54(38)70(73,4)5)104-67(100)57(55(41-19-11-8-12-20-41)85-61(94)42-21-13-9-14-22-42)105-53(92)28-32-86-52(91)33-48(65(86)98)108-36-44(74)62(95)80-31-27-51(90)83-46(26-18-30-82-69(77)78)64(97)84-45(63(96)79-7)25-17-29-81-68(75)76/h8-16,19-24,33,44-47,49-50,55-58,60,89,91,98,101H,17-18,25-32,34-37,74H2,1-7H3,(H,79,96)(H,80,95)(H,83,90)(H,84,97)(H,85,94)(H4,75,76,81)(H4,77,78,82)/t44-,45-,46-,47-,49-,50+,55-,56+,57+,58?,60-,71+,72-,73+/m0/s1. The van der Waals surface area contributed by atoms with Gasteiger partial charge < -0.3 is 104 Å². The Bertz CT molecular complexity index is 4080. The lowest BCUT2D eigenvalue weighted by Gasteiger charge is -2.67. The molecule has 1 aromatic heterocycles. The number of aliphatic hydroxyl groups excluding tert-OH is 1. The van der Waals surface area contributed by atoms with E-state index in [0.29, 0.717) is 6.42 Å². The van der Waals surface area contributed by atoms with Crippen LogP contribution in [-0.4, -0.2) is 207 Å². The van der Waals surface area contributed by atoms with Crippen molar-refractivity contribution in [2.45, 2.75) is 176 Å². The zero-order chi connectivity index (χ0) is 79.2. The molecule has 1 saturated heterocycles. The van der Waals surface area contributed by atoms with E-state index in [0.717, 1.165) is 36.2 Å². The summed E-state index contributed by atoms with van der Waals surface area (Å²) in [6.07, 6.45) is -12.0. The number of thioether (sulfide) groups is 1. The minimum Gasteiger partial charge on any atom is -0.494 e. The number of aliphatic imine (C=N–C) groups is 2. The van der Waals surface area contributed by atoms with Crippen molar-refractivity contribution in [3.63, 3.8) is 0 Å². The lowest BCUT2D eigenvalue weighted by Crippen LogP contribution is -2.82. The van der Waals surface area contributed by atoms with Crippen LogP contribution in [-0.2, 0) is 78.1 Å². The number of hydrogen-bond donors (Lipinski definition) is 14. The second-order valence-electron chi connectivity index (χ2n) is 27.6. The normalized spacial score (nSPS) is 23.8. The third-order valence-corrected chi connectivity index (χ3v) is 21.2. The number of amides is 5. The van der Waals surface area contributed by atoms with Crippen LogP contribution in [0.1, 0.15) is 125 Å². The van der Waals surface area contributed by atoms with Crippen LogP contribution < -0.4 is 55.3 Å². The van der Waals surface area contributed by atoms with Gasteiger partial charge in [-0.15, -0.1) is 11.8 Å². The van der Waals surface area contributed by atoms with Crippen LogP contribution in [0.4, 0.5) is 0 Å². The fourth-order valence-electron chi connectivity index (χ4n) is 14.5. The first-order valence-corrected chi connectivity index (χ1v) is 36.0. The number of esters is 5. The third-order valence-electron chi connectivity index (χ3n) is 20.1. The fourth-order valence-corrected chi connectivity index (χ4v) is 15.4. The van der Waals surface area contributed by atoms with Gasteiger partial charge in [-0.05, 0) is 80.5 Å². The van der Waals surface area contributed by atoms with E-state index < -0.39 is 192 Å². The Balaban J connectivity index is 1.03. The van der Waals surface area contributed by atoms with E-state index in [9.17, 15) is 63.6 Å². The third kappa shape index (κ3) is 18.8. The minimum absolute atomic E-state index is 0.00578. The van der Waals surface area contributed by atoms with Crippen molar-refractivity contribution in [3.8, 4) is 11.8 Å². The summed E-state index contributed by atoms with van der Waals surface area (Å²) in [6, 6.07) is 19.3. The van der Waals surface area contributed by atoms with Crippen LogP contribution >= 0.6 is 11.8 Å². The number of aromatic nitrogens is 1. The zero-order valence-electron chi connectivity index (χ0n) is 60.9. The van der Waals surface area contributed by atoms with Gasteiger partial charge in [0.25, 0.3) is 5.91 Å². The number of rotatable bonds is 33. The molecule has 1 unspecified atom stereocenters. The van der Waals surface area contributed by atoms with Gasteiger partial charge in [-0.2, -0.15) is 0 Å². The summed E-state index contributed by atoms with van der Waals surface area (Å²) in [6.45, 7) is 7.00. The van der Waals surface area contributed by atoms with Crippen molar-refractivity contribution in [2.75, 3.05) is 39.0 Å². The number of benzene rings is 3. The molecule has 2 saturated carbocycles. The van der Waals surface area contributed by atoms with Gasteiger partial charge in [0.05, 0.1) is 47.0 Å². The quantitative estimate of drug-likeness (QED) is 0.00581. The van der Waals surface area contributed by atoms with Crippen molar-refractivity contribution >= 4 is 88.8 Å². The number of nitrogens with two attached hydrogens (primary N) is 5. The van der Waals surface area contributed by atoms with Crippen molar-refractivity contribution in [2.24, 2.45) is 55.4 Å². The van der Waals surface area contributed by atoms with E-state index in [1.54, 1.807) is 54.6 Å². The molecule has 34 nitrogen and oxygen atoms in total. The van der Waals surface area contributed by atoms with E-state index in [2.05, 4.69) is 36.6 Å². The summed E-state index contributed by atoms with van der Waals surface area (Å²) in [5, 5.41) is 62.3. The summed E-state index contributed by atoms with van der Waals surface area (Å²) in [5.41, 5.74) is 19.6. The molecule has 35 heteroatoms. The molecular weight excluding hydrogens is 1430 g/mol. The van der Waals surface area contributed by atoms with Gasteiger partial charge in [0.2, 0.25) is 35.6 Å². The highest BCUT2D eigenvalue weighted by atomic mass is 32.2. The van der Waals surface area contributed by atoms with Crippen molar-refractivity contribution in [1.29, 1.82) is 0 Å². The SMILES string of the molecule is CNC(=O)[C@H](CCCN=C(N)N)NC(=O)[C@H](CCCN=C(N)N)NC(=O)CCNC(=O)[C@@H](N)CSc1cc(O)n(CCC(=O)O[C@@H](C(=O)O[C@H]2C[C@@]3(O)[C@@H](OC(=O)c4ccccc4)C4[C@](C)(C(=O)[C@H](OC(C)=O)C(=C2C)C3(C)C)[C@@H](O)C[C@H]2OC[C@@]42OC(C)=O)[C@@H](NC(=O)c2ccccc2)c2ccccc2)c1O. The van der Waals surface area contributed by atoms with Crippen LogP contribution in [0, 0.1) is 16.7 Å². The number of nitrogens with zero attached hydrogens (tertiary/aromatic N) is 3. The number of guanidine groups is 2. The molecule has 2 bridgehead atoms. The van der Waals surface area contributed by atoms with Gasteiger partial charge in [-0.1, -0.05) is 80.6 Å². The zero-order valence-corrected chi connectivity index (χ0v) is 61.7. The molecule has 4 aromatic rings. The first kappa shape index (κ1) is 83.0. The number of nitrogens with one attached hydrogen (secondary N) is 5. The molecular formula is C73H95N13O21S. The monoisotopic (exact) mass is 1520 g/mol. The molecule has 1 aliphatic heterocycles. The smallest absolute Gasteiger partial charge is 0.350 e. The van der Waals surface area contributed by atoms with Crippen LogP contribution in [0.15, 0.2) is 123 Å². The molecule has 0 radical (unpaired) electrons. The maximum atomic E-state index is 16.0. The first-order valence-electron chi connectivity index (χ1n) is 35.0. The second-order valence-corrected chi connectivity index (χ2v) is 28.6. The van der Waals surface area contributed by atoms with Crippen molar-refractivity contribution in [1.82, 2.24) is 31.2 Å². The largest absolute Gasteiger partial charge is 0.494 e. The lowest BCUT2D eigenvalue weighted by atomic mass is 9.44. The molecule has 4 aliphatic rings. The molecule has 8 rings (SSSR count). The number of likely N-dealkylation sites (N-methyl/N-ethyl adjacent to an activating group) is 1. The maximum absolute atomic E-state index is 16.0. The number of hydrogen-bond acceptors (Lipinski definition) is 25. The van der Waals surface area contributed by atoms with Gasteiger partial charge >= 0.3 is 29.8 Å². The number of ether oxygens (including phenoxy) is 6. The molecule has 14 atom stereocenters. The molecule has 19 N–H and O–H groups in total. The predicted molar refractivity (Wildman–Crippen MR) is 388 cm³/mol. The summed E-state index contributed by atoms with van der Waals surface area (Å²) in [7, 11) is 1.39. The number of aromatic hydroxyl groups is 2. The number of carbonyl (C=O) groups is 11. The number of Topliss-reactive ketones (excluding diaryl/α,β-unsaturated/α-hetero) is 1. The first-order chi connectivity index (χ1) is 51.1. The number of carbonyl (C=O) groups excluding carboxylic acids is 11. The highest BCUT2D eigenvalue weighted by Gasteiger charge is 2.78. The highest BCUT2D eigenvalue weighted by molar-refractivity contribution is 7.99. The molecule has 5 amide bonds. The van der Waals surface area contributed by atoms with E-state index >= 15 is 9.59 Å². The Hall–Kier alpha value is -10.6. The van der Waals surface area contributed by atoms with Crippen LogP contribution in [0.5, 0.6) is 11.8 Å². The summed E-state index contributed by atoms with van der Waals surface area (Å²) < 4.78 is 38.1.